The second-order valence-corrected chi connectivity index (χ2v) is 9.39. The van der Waals surface area contributed by atoms with Crippen molar-refractivity contribution in [3.63, 3.8) is 0 Å². The highest BCUT2D eigenvalue weighted by atomic mass is 32.2. The molecule has 116 valence electrons. The van der Waals surface area contributed by atoms with Crippen molar-refractivity contribution in [2.24, 2.45) is 0 Å². The molecule has 0 spiro atoms. The summed E-state index contributed by atoms with van der Waals surface area (Å²) < 4.78 is 26.9. The van der Waals surface area contributed by atoms with E-state index in [1.165, 1.54) is 15.6 Å². The van der Waals surface area contributed by atoms with Gasteiger partial charge in [-0.3, -0.25) is 0 Å². The van der Waals surface area contributed by atoms with Crippen molar-refractivity contribution < 1.29 is 8.42 Å². The predicted molar refractivity (Wildman–Crippen MR) is 89.1 cm³/mol. The lowest BCUT2D eigenvalue weighted by atomic mass is 10.4. The van der Waals surface area contributed by atoms with Crippen molar-refractivity contribution in [3.8, 4) is 0 Å². The molecule has 0 aliphatic carbocycles. The molecule has 0 amide bonds. The zero-order valence-electron chi connectivity index (χ0n) is 12.7. The Balaban J connectivity index is 2.82. The van der Waals surface area contributed by atoms with Gasteiger partial charge in [-0.1, -0.05) is 13.8 Å². The highest BCUT2D eigenvalue weighted by Crippen LogP contribution is 2.25. The van der Waals surface area contributed by atoms with Crippen LogP contribution in [-0.2, 0) is 16.6 Å². The summed E-state index contributed by atoms with van der Waals surface area (Å²) in [6.07, 6.45) is 1.98. The summed E-state index contributed by atoms with van der Waals surface area (Å²) in [6, 6.07) is 3.98. The Kier molecular flexibility index (Phi) is 7.00. The molecule has 0 aromatic carbocycles. The number of nitrogens with zero attached hydrogens (tertiary/aromatic N) is 1. The van der Waals surface area contributed by atoms with E-state index >= 15 is 0 Å². The van der Waals surface area contributed by atoms with Crippen LogP contribution < -0.4 is 5.32 Å². The Labute approximate surface area is 131 Å². The number of thiophene rings is 1. The summed E-state index contributed by atoms with van der Waals surface area (Å²) in [5, 5.41) is 3.30. The van der Waals surface area contributed by atoms with Gasteiger partial charge in [0, 0.05) is 36.3 Å². The van der Waals surface area contributed by atoms with Gasteiger partial charge in [0.1, 0.15) is 4.21 Å². The molecule has 1 aromatic rings. The predicted octanol–water partition coefficient (Wildman–Crippen LogP) is 2.62. The lowest BCUT2D eigenvalue weighted by Crippen LogP contribution is -2.36. The van der Waals surface area contributed by atoms with Gasteiger partial charge in [0.25, 0.3) is 10.0 Å². The first-order valence-corrected chi connectivity index (χ1v) is 10.2. The minimum Gasteiger partial charge on any atom is -0.310 e. The van der Waals surface area contributed by atoms with Gasteiger partial charge >= 0.3 is 0 Å². The van der Waals surface area contributed by atoms with Crippen LogP contribution in [-0.4, -0.2) is 43.9 Å². The number of sulfonamides is 1. The van der Waals surface area contributed by atoms with Crippen molar-refractivity contribution in [1.82, 2.24) is 9.62 Å². The Morgan fingerprint density at radius 3 is 2.55 bits per heavy atom. The molecular formula is C13H24N2O2S3. The van der Waals surface area contributed by atoms with Crippen LogP contribution in [0.1, 0.15) is 25.6 Å². The third-order valence-electron chi connectivity index (χ3n) is 2.98. The minimum atomic E-state index is -3.37. The van der Waals surface area contributed by atoms with Crippen molar-refractivity contribution >= 4 is 33.1 Å². The maximum absolute atomic E-state index is 12.5. The number of hydrogen-bond acceptors (Lipinski definition) is 5. The van der Waals surface area contributed by atoms with Crippen LogP contribution in [0.25, 0.3) is 0 Å². The first-order chi connectivity index (χ1) is 9.28. The molecule has 0 fully saturated rings. The van der Waals surface area contributed by atoms with Crippen LogP contribution in [0, 0.1) is 0 Å². The van der Waals surface area contributed by atoms with Gasteiger partial charge in [0.05, 0.1) is 0 Å². The van der Waals surface area contributed by atoms with Crippen LogP contribution in [0.4, 0.5) is 0 Å². The Morgan fingerprint density at radius 2 is 2.00 bits per heavy atom. The van der Waals surface area contributed by atoms with Crippen LogP contribution >= 0.6 is 23.1 Å². The van der Waals surface area contributed by atoms with Crippen molar-refractivity contribution in [2.75, 3.05) is 19.1 Å². The van der Waals surface area contributed by atoms with Crippen LogP contribution in [0.5, 0.6) is 0 Å². The van der Waals surface area contributed by atoms with Gasteiger partial charge in [0.2, 0.25) is 0 Å². The number of nitrogens with one attached hydrogen (secondary N) is 1. The summed E-state index contributed by atoms with van der Waals surface area (Å²) in [4.78, 5) is 1.04. The Hall–Kier alpha value is -0.0800. The average Bonchev–Trinajstić information content (AvgIpc) is 2.85. The molecule has 0 saturated heterocycles. The summed E-state index contributed by atoms with van der Waals surface area (Å²) in [5.74, 6) is 0.795. The van der Waals surface area contributed by atoms with E-state index in [-0.39, 0.29) is 6.04 Å². The fourth-order valence-corrected chi connectivity index (χ4v) is 5.28. The first-order valence-electron chi connectivity index (χ1n) is 6.58. The van der Waals surface area contributed by atoms with E-state index in [1.54, 1.807) is 24.9 Å². The summed E-state index contributed by atoms with van der Waals surface area (Å²) in [5.41, 5.74) is 0. The Bertz CT molecular complexity index is 511. The van der Waals surface area contributed by atoms with E-state index in [0.29, 0.717) is 16.8 Å². The summed E-state index contributed by atoms with van der Waals surface area (Å²) in [6.45, 7) is 6.79. The molecule has 1 unspecified atom stereocenters. The van der Waals surface area contributed by atoms with E-state index in [2.05, 4.69) is 19.2 Å². The number of thioether (sulfide) groups is 1. The van der Waals surface area contributed by atoms with Gasteiger partial charge < -0.3 is 5.32 Å². The molecule has 1 N–H and O–H groups in total. The highest BCUT2D eigenvalue weighted by Gasteiger charge is 2.26. The monoisotopic (exact) mass is 336 g/mol. The molecule has 0 saturated carbocycles. The highest BCUT2D eigenvalue weighted by molar-refractivity contribution is 7.98. The fourth-order valence-electron chi connectivity index (χ4n) is 1.62. The second kappa shape index (κ2) is 7.79. The molecule has 7 heteroatoms. The topological polar surface area (TPSA) is 49.4 Å². The first kappa shape index (κ1) is 18.0. The molecule has 4 nitrogen and oxygen atoms in total. The number of hydrogen-bond donors (Lipinski definition) is 1. The molecule has 1 aromatic heterocycles. The zero-order valence-corrected chi connectivity index (χ0v) is 15.2. The molecule has 0 aliphatic rings. The lowest BCUT2D eigenvalue weighted by Gasteiger charge is -2.22. The summed E-state index contributed by atoms with van der Waals surface area (Å²) in [7, 11) is -1.71. The molecule has 0 radical (unpaired) electrons. The number of rotatable bonds is 8. The summed E-state index contributed by atoms with van der Waals surface area (Å²) >= 11 is 3.00. The third kappa shape index (κ3) is 4.73. The zero-order chi connectivity index (χ0) is 15.3. The second-order valence-electron chi connectivity index (χ2n) is 5.08. The molecule has 1 heterocycles. The van der Waals surface area contributed by atoms with Crippen molar-refractivity contribution in [1.29, 1.82) is 0 Å². The largest absolute Gasteiger partial charge is 0.310 e. The van der Waals surface area contributed by atoms with E-state index in [4.69, 9.17) is 0 Å². The maximum atomic E-state index is 12.5. The Morgan fingerprint density at radius 1 is 1.35 bits per heavy atom. The normalized spacial score (nSPS) is 14.2. The van der Waals surface area contributed by atoms with Crippen LogP contribution in [0.15, 0.2) is 16.3 Å². The molecule has 0 aliphatic heterocycles. The third-order valence-corrected chi connectivity index (χ3v) is 7.32. The van der Waals surface area contributed by atoms with Crippen molar-refractivity contribution in [2.45, 2.75) is 43.6 Å². The van der Waals surface area contributed by atoms with Gasteiger partial charge in [-0.2, -0.15) is 16.1 Å². The van der Waals surface area contributed by atoms with Gasteiger partial charge in [0.15, 0.2) is 0 Å². The van der Waals surface area contributed by atoms with Crippen molar-refractivity contribution in [3.05, 3.63) is 17.0 Å². The molecule has 0 bridgehead atoms. The molecule has 20 heavy (non-hydrogen) atoms. The van der Waals surface area contributed by atoms with Gasteiger partial charge in [-0.05, 0) is 25.3 Å². The molecule has 1 rings (SSSR count). The van der Waals surface area contributed by atoms with Crippen LogP contribution in [0.2, 0.25) is 0 Å². The standard InChI is InChI=1S/C13H24N2O2S3/c1-10(2)14-8-12-6-7-13(19-12)20(16,17)15(4)11(3)9-18-5/h6-7,10-11,14H,8-9H2,1-5H3. The van der Waals surface area contributed by atoms with E-state index in [1.807, 2.05) is 19.2 Å². The quantitative estimate of drug-likeness (QED) is 0.793. The molecular weight excluding hydrogens is 312 g/mol. The van der Waals surface area contributed by atoms with E-state index in [9.17, 15) is 8.42 Å². The fraction of sp³-hybridized carbons (Fsp3) is 0.692. The van der Waals surface area contributed by atoms with E-state index < -0.39 is 10.0 Å². The SMILES string of the molecule is CSCC(C)N(C)S(=O)(=O)c1ccc(CNC(C)C)s1. The minimum absolute atomic E-state index is 0.00524. The maximum Gasteiger partial charge on any atom is 0.252 e. The lowest BCUT2D eigenvalue weighted by molar-refractivity contribution is 0.416. The van der Waals surface area contributed by atoms with E-state index in [0.717, 1.165) is 10.6 Å². The average molecular weight is 337 g/mol. The van der Waals surface area contributed by atoms with Gasteiger partial charge in [-0.25, -0.2) is 8.42 Å². The molecule has 1 atom stereocenters. The smallest absolute Gasteiger partial charge is 0.252 e. The van der Waals surface area contributed by atoms with Crippen LogP contribution in [0.3, 0.4) is 0 Å². The van der Waals surface area contributed by atoms with Gasteiger partial charge in [-0.15, -0.1) is 11.3 Å².